The number of carbonyl (C=O) groups excluding carboxylic acids is 1. The van der Waals surface area contributed by atoms with Gasteiger partial charge in [-0.25, -0.2) is 0 Å². The van der Waals surface area contributed by atoms with Gasteiger partial charge in [0.25, 0.3) is 0 Å². The van der Waals surface area contributed by atoms with Gasteiger partial charge in [-0.3, -0.25) is 4.79 Å². The van der Waals surface area contributed by atoms with E-state index in [-0.39, 0.29) is 11.7 Å². The lowest BCUT2D eigenvalue weighted by molar-refractivity contribution is -0.120. The first-order valence-corrected chi connectivity index (χ1v) is 6.30. The number of hydrogen-bond acceptors (Lipinski definition) is 2. The molecule has 0 radical (unpaired) electrons. The quantitative estimate of drug-likeness (QED) is 0.868. The van der Waals surface area contributed by atoms with Crippen molar-refractivity contribution in [2.24, 2.45) is 5.92 Å². The SMILES string of the molecule is CCN(C(=O)CC1CCC1)c1cccc(O)c1. The molecule has 0 spiro atoms. The zero-order valence-corrected chi connectivity index (χ0v) is 10.2. The Kier molecular flexibility index (Phi) is 3.67. The van der Waals surface area contributed by atoms with E-state index in [1.54, 1.807) is 23.1 Å². The molecule has 1 aliphatic carbocycles. The smallest absolute Gasteiger partial charge is 0.227 e. The van der Waals surface area contributed by atoms with Gasteiger partial charge in [-0.1, -0.05) is 12.5 Å². The van der Waals surface area contributed by atoms with Crippen LogP contribution in [-0.2, 0) is 4.79 Å². The van der Waals surface area contributed by atoms with E-state index in [0.29, 0.717) is 18.9 Å². The molecule has 3 nitrogen and oxygen atoms in total. The standard InChI is InChI=1S/C14H19NO2/c1-2-15(12-7-4-8-13(16)10-12)14(17)9-11-5-3-6-11/h4,7-8,10-11,16H,2-3,5-6,9H2,1H3. The highest BCUT2D eigenvalue weighted by atomic mass is 16.3. The third kappa shape index (κ3) is 2.78. The summed E-state index contributed by atoms with van der Waals surface area (Å²) in [6.45, 7) is 2.61. The second kappa shape index (κ2) is 5.21. The molecule has 1 amide bonds. The number of carbonyl (C=O) groups is 1. The summed E-state index contributed by atoms with van der Waals surface area (Å²) in [4.78, 5) is 13.9. The molecule has 0 aliphatic heterocycles. The van der Waals surface area contributed by atoms with E-state index in [2.05, 4.69) is 0 Å². The van der Waals surface area contributed by atoms with Crippen LogP contribution >= 0.6 is 0 Å². The van der Waals surface area contributed by atoms with Crippen molar-refractivity contribution < 1.29 is 9.90 Å². The monoisotopic (exact) mass is 233 g/mol. The molecule has 1 aromatic carbocycles. The van der Waals surface area contributed by atoms with E-state index in [1.165, 1.54) is 19.3 Å². The van der Waals surface area contributed by atoms with Gasteiger partial charge in [0, 0.05) is 24.7 Å². The molecule has 17 heavy (non-hydrogen) atoms. The first-order chi connectivity index (χ1) is 8.20. The summed E-state index contributed by atoms with van der Waals surface area (Å²) in [5, 5.41) is 9.44. The summed E-state index contributed by atoms with van der Waals surface area (Å²) in [7, 11) is 0. The number of anilines is 1. The van der Waals surface area contributed by atoms with Gasteiger partial charge in [0.15, 0.2) is 0 Å². The molecule has 0 bridgehead atoms. The molecule has 0 atom stereocenters. The average Bonchev–Trinajstić information content (AvgIpc) is 2.25. The molecule has 2 rings (SSSR count). The van der Waals surface area contributed by atoms with Crippen LogP contribution in [0.25, 0.3) is 0 Å². The highest BCUT2D eigenvalue weighted by Crippen LogP contribution is 2.31. The van der Waals surface area contributed by atoms with E-state index in [9.17, 15) is 9.90 Å². The van der Waals surface area contributed by atoms with E-state index < -0.39 is 0 Å². The van der Waals surface area contributed by atoms with Crippen molar-refractivity contribution in [3.8, 4) is 5.75 Å². The Bertz CT molecular complexity index is 399. The molecule has 3 heteroatoms. The summed E-state index contributed by atoms with van der Waals surface area (Å²) >= 11 is 0. The number of benzene rings is 1. The zero-order chi connectivity index (χ0) is 12.3. The summed E-state index contributed by atoms with van der Waals surface area (Å²) in [5.41, 5.74) is 0.789. The number of phenols is 1. The largest absolute Gasteiger partial charge is 0.508 e. The molecule has 92 valence electrons. The van der Waals surface area contributed by atoms with E-state index >= 15 is 0 Å². The van der Waals surface area contributed by atoms with Crippen LogP contribution in [0.1, 0.15) is 32.6 Å². The van der Waals surface area contributed by atoms with Crippen molar-refractivity contribution in [1.82, 2.24) is 0 Å². The van der Waals surface area contributed by atoms with Gasteiger partial charge < -0.3 is 10.0 Å². The van der Waals surface area contributed by atoms with Gasteiger partial charge in [-0.05, 0) is 37.8 Å². The normalized spacial score (nSPS) is 15.4. The minimum absolute atomic E-state index is 0.169. The lowest BCUT2D eigenvalue weighted by atomic mass is 9.82. The first kappa shape index (κ1) is 12.0. The van der Waals surface area contributed by atoms with Crippen LogP contribution < -0.4 is 4.90 Å². The molecule has 0 unspecified atom stereocenters. The summed E-state index contributed by atoms with van der Waals surface area (Å²) < 4.78 is 0. The first-order valence-electron chi connectivity index (χ1n) is 6.30. The van der Waals surface area contributed by atoms with Crippen molar-refractivity contribution in [3.63, 3.8) is 0 Å². The lowest BCUT2D eigenvalue weighted by Crippen LogP contribution is -2.33. The maximum atomic E-state index is 12.1. The van der Waals surface area contributed by atoms with Gasteiger partial charge in [0.2, 0.25) is 5.91 Å². The van der Waals surface area contributed by atoms with Gasteiger partial charge in [0.05, 0.1) is 0 Å². The summed E-state index contributed by atoms with van der Waals surface area (Å²) in [6, 6.07) is 6.89. The predicted molar refractivity (Wildman–Crippen MR) is 68.1 cm³/mol. The van der Waals surface area contributed by atoms with Crippen LogP contribution in [0.15, 0.2) is 24.3 Å². The van der Waals surface area contributed by atoms with E-state index in [4.69, 9.17) is 0 Å². The Hall–Kier alpha value is -1.51. The van der Waals surface area contributed by atoms with Gasteiger partial charge >= 0.3 is 0 Å². The molecule has 1 saturated carbocycles. The molecular weight excluding hydrogens is 214 g/mol. The Labute approximate surface area is 102 Å². The second-order valence-electron chi connectivity index (χ2n) is 4.66. The number of hydrogen-bond donors (Lipinski definition) is 1. The summed E-state index contributed by atoms with van der Waals surface area (Å²) in [5.74, 6) is 0.953. The fourth-order valence-electron chi connectivity index (χ4n) is 2.22. The van der Waals surface area contributed by atoms with Crippen LogP contribution in [0, 0.1) is 5.92 Å². The topological polar surface area (TPSA) is 40.5 Å². The zero-order valence-electron chi connectivity index (χ0n) is 10.2. The Morgan fingerprint density at radius 2 is 2.24 bits per heavy atom. The van der Waals surface area contributed by atoms with Crippen LogP contribution in [0.3, 0.4) is 0 Å². The Morgan fingerprint density at radius 1 is 1.47 bits per heavy atom. The van der Waals surface area contributed by atoms with Crippen molar-refractivity contribution >= 4 is 11.6 Å². The van der Waals surface area contributed by atoms with Crippen LogP contribution in [0.2, 0.25) is 0 Å². The number of nitrogens with zero attached hydrogens (tertiary/aromatic N) is 1. The molecule has 1 N–H and O–H groups in total. The fourth-order valence-corrected chi connectivity index (χ4v) is 2.22. The maximum Gasteiger partial charge on any atom is 0.227 e. The Morgan fingerprint density at radius 3 is 2.76 bits per heavy atom. The number of amides is 1. The number of phenolic OH excluding ortho intramolecular Hbond substituents is 1. The van der Waals surface area contributed by atoms with Crippen molar-refractivity contribution in [3.05, 3.63) is 24.3 Å². The third-order valence-corrected chi connectivity index (χ3v) is 3.45. The van der Waals surface area contributed by atoms with E-state index in [0.717, 1.165) is 5.69 Å². The number of aromatic hydroxyl groups is 1. The van der Waals surface area contributed by atoms with Gasteiger partial charge in [0.1, 0.15) is 5.75 Å². The molecule has 1 aromatic rings. The molecule has 1 fully saturated rings. The van der Waals surface area contributed by atoms with Gasteiger partial charge in [-0.15, -0.1) is 0 Å². The van der Waals surface area contributed by atoms with Crippen molar-refractivity contribution in [2.75, 3.05) is 11.4 Å². The second-order valence-corrected chi connectivity index (χ2v) is 4.66. The average molecular weight is 233 g/mol. The fraction of sp³-hybridized carbons (Fsp3) is 0.500. The molecular formula is C14H19NO2. The maximum absolute atomic E-state index is 12.1. The number of rotatable bonds is 4. The van der Waals surface area contributed by atoms with Crippen LogP contribution in [-0.4, -0.2) is 17.6 Å². The lowest BCUT2D eigenvalue weighted by Gasteiger charge is -2.28. The Balaban J connectivity index is 2.06. The minimum Gasteiger partial charge on any atom is -0.508 e. The molecule has 0 aromatic heterocycles. The minimum atomic E-state index is 0.169. The van der Waals surface area contributed by atoms with Crippen LogP contribution in [0.4, 0.5) is 5.69 Å². The predicted octanol–water partition coefficient (Wildman–Crippen LogP) is 2.94. The molecule has 0 heterocycles. The third-order valence-electron chi connectivity index (χ3n) is 3.45. The summed E-state index contributed by atoms with van der Waals surface area (Å²) in [6.07, 6.45) is 4.27. The van der Waals surface area contributed by atoms with Gasteiger partial charge in [-0.2, -0.15) is 0 Å². The van der Waals surface area contributed by atoms with Crippen LogP contribution in [0.5, 0.6) is 5.75 Å². The van der Waals surface area contributed by atoms with E-state index in [1.807, 2.05) is 13.0 Å². The molecule has 0 saturated heterocycles. The van der Waals surface area contributed by atoms with Crippen molar-refractivity contribution in [1.29, 1.82) is 0 Å². The highest BCUT2D eigenvalue weighted by molar-refractivity contribution is 5.93. The molecule has 1 aliphatic rings. The van der Waals surface area contributed by atoms with Crippen molar-refractivity contribution in [2.45, 2.75) is 32.6 Å². The highest BCUT2D eigenvalue weighted by Gasteiger charge is 2.23.